The number of amides is 2. The molecular weight excluding hydrogens is 432 g/mol. The predicted molar refractivity (Wildman–Crippen MR) is 129 cm³/mol. The van der Waals surface area contributed by atoms with E-state index in [2.05, 4.69) is 35.9 Å². The fourth-order valence-electron chi connectivity index (χ4n) is 4.53. The van der Waals surface area contributed by atoms with Crippen molar-refractivity contribution in [2.24, 2.45) is 0 Å². The molecule has 0 bridgehead atoms. The molecule has 2 heterocycles. The summed E-state index contributed by atoms with van der Waals surface area (Å²) in [6.07, 6.45) is 1.98. The van der Waals surface area contributed by atoms with Crippen LogP contribution in [0.3, 0.4) is 0 Å². The predicted octanol–water partition coefficient (Wildman–Crippen LogP) is 7.02. The van der Waals surface area contributed by atoms with Crippen molar-refractivity contribution in [3.05, 3.63) is 119 Å². The van der Waals surface area contributed by atoms with Crippen molar-refractivity contribution in [1.29, 1.82) is 0 Å². The van der Waals surface area contributed by atoms with Gasteiger partial charge >= 0.3 is 6.03 Å². The molecule has 1 N–H and O–H groups in total. The van der Waals surface area contributed by atoms with Gasteiger partial charge in [0, 0.05) is 18.0 Å². The average Bonchev–Trinajstić information content (AvgIpc) is 3.25. The third-order valence-electron chi connectivity index (χ3n) is 6.31. The van der Waals surface area contributed by atoms with Gasteiger partial charge in [-0.3, -0.25) is 0 Å². The van der Waals surface area contributed by atoms with Gasteiger partial charge in [-0.15, -0.1) is 0 Å². The second-order valence-electron chi connectivity index (χ2n) is 8.84. The van der Waals surface area contributed by atoms with Gasteiger partial charge in [0.05, 0.1) is 24.0 Å². The maximum absolute atomic E-state index is 14.3. The molecule has 5 rings (SSSR count). The summed E-state index contributed by atoms with van der Waals surface area (Å²) < 4.78 is 30.2. The summed E-state index contributed by atoms with van der Waals surface area (Å²) in [6, 6.07) is 22.2. The summed E-state index contributed by atoms with van der Waals surface area (Å²) in [5.74, 6) is -0.926. The van der Waals surface area contributed by atoms with Gasteiger partial charge < -0.3 is 14.8 Å². The van der Waals surface area contributed by atoms with E-state index in [4.69, 9.17) is 0 Å². The molecule has 2 amide bonds. The molecule has 1 atom stereocenters. The number of nitrogens with zero attached hydrogens (tertiary/aromatic N) is 2. The quantitative estimate of drug-likeness (QED) is 0.353. The SMILES string of the molecule is CC(C)c1ccc(C2c3cccn3-c3ccccc3CN2C(=O)Nc2cc(F)ccc2F)cc1. The fraction of sp³-hybridized carbons (Fsp3) is 0.179. The van der Waals surface area contributed by atoms with E-state index in [9.17, 15) is 13.6 Å². The Bertz CT molecular complexity index is 1340. The first-order valence-electron chi connectivity index (χ1n) is 11.3. The van der Waals surface area contributed by atoms with Gasteiger partial charge in [-0.2, -0.15) is 0 Å². The van der Waals surface area contributed by atoms with E-state index < -0.39 is 23.7 Å². The molecular formula is C28H25F2N3O. The highest BCUT2D eigenvalue weighted by atomic mass is 19.1. The Balaban J connectivity index is 1.62. The molecule has 34 heavy (non-hydrogen) atoms. The number of rotatable bonds is 3. The van der Waals surface area contributed by atoms with Crippen LogP contribution in [0.25, 0.3) is 5.69 Å². The number of carbonyl (C=O) groups is 1. The van der Waals surface area contributed by atoms with Crippen LogP contribution < -0.4 is 5.32 Å². The minimum absolute atomic E-state index is 0.188. The van der Waals surface area contributed by atoms with Gasteiger partial charge in [-0.05, 0) is 52.9 Å². The number of hydrogen-bond donors (Lipinski definition) is 1. The molecule has 172 valence electrons. The Morgan fingerprint density at radius 3 is 2.50 bits per heavy atom. The minimum Gasteiger partial charge on any atom is -0.318 e. The number of nitrogens with one attached hydrogen (secondary N) is 1. The van der Waals surface area contributed by atoms with E-state index in [1.54, 1.807) is 4.90 Å². The smallest absolute Gasteiger partial charge is 0.318 e. The first kappa shape index (κ1) is 21.9. The summed E-state index contributed by atoms with van der Waals surface area (Å²) in [5.41, 5.74) is 4.81. The van der Waals surface area contributed by atoms with Crippen LogP contribution in [0.15, 0.2) is 85.1 Å². The van der Waals surface area contributed by atoms with Crippen LogP contribution >= 0.6 is 0 Å². The minimum atomic E-state index is -0.689. The van der Waals surface area contributed by atoms with Gasteiger partial charge in [-0.25, -0.2) is 13.6 Å². The summed E-state index contributed by atoms with van der Waals surface area (Å²) >= 11 is 0. The lowest BCUT2D eigenvalue weighted by Gasteiger charge is -2.31. The molecule has 4 nitrogen and oxygen atoms in total. The normalized spacial score (nSPS) is 15.0. The number of carbonyl (C=O) groups excluding carboxylic acids is 1. The highest BCUT2D eigenvalue weighted by Crippen LogP contribution is 2.37. The molecule has 0 saturated heterocycles. The summed E-state index contributed by atoms with van der Waals surface area (Å²) in [4.78, 5) is 15.3. The maximum atomic E-state index is 14.3. The van der Waals surface area contributed by atoms with E-state index >= 15 is 0 Å². The molecule has 0 saturated carbocycles. The summed E-state index contributed by atoms with van der Waals surface area (Å²) in [6.45, 7) is 4.57. The second-order valence-corrected chi connectivity index (χ2v) is 8.84. The monoisotopic (exact) mass is 457 g/mol. The lowest BCUT2D eigenvalue weighted by atomic mass is 9.97. The van der Waals surface area contributed by atoms with Crippen molar-refractivity contribution in [2.45, 2.75) is 32.4 Å². The lowest BCUT2D eigenvalue weighted by molar-refractivity contribution is 0.194. The zero-order chi connectivity index (χ0) is 23.8. The van der Waals surface area contributed by atoms with Crippen LogP contribution in [0.2, 0.25) is 0 Å². The van der Waals surface area contributed by atoms with E-state index in [1.165, 1.54) is 5.56 Å². The van der Waals surface area contributed by atoms with E-state index in [0.717, 1.165) is 40.7 Å². The Labute approximate surface area is 197 Å². The van der Waals surface area contributed by atoms with Crippen molar-refractivity contribution in [2.75, 3.05) is 5.32 Å². The molecule has 0 aliphatic carbocycles. The number of para-hydroxylation sites is 1. The first-order chi connectivity index (χ1) is 16.4. The summed E-state index contributed by atoms with van der Waals surface area (Å²) in [7, 11) is 0. The van der Waals surface area contributed by atoms with Gasteiger partial charge in [0.25, 0.3) is 0 Å². The Morgan fingerprint density at radius 1 is 0.971 bits per heavy atom. The number of fused-ring (bicyclic) bond motifs is 3. The van der Waals surface area contributed by atoms with Crippen LogP contribution in [-0.2, 0) is 6.54 Å². The van der Waals surface area contributed by atoms with Gasteiger partial charge in [-0.1, -0.05) is 56.3 Å². The first-order valence-corrected chi connectivity index (χ1v) is 11.3. The molecule has 4 aromatic rings. The number of halogens is 2. The molecule has 0 spiro atoms. The van der Waals surface area contributed by atoms with E-state index in [-0.39, 0.29) is 5.69 Å². The van der Waals surface area contributed by atoms with E-state index in [0.29, 0.717) is 12.5 Å². The summed E-state index contributed by atoms with van der Waals surface area (Å²) in [5, 5.41) is 2.59. The highest BCUT2D eigenvalue weighted by molar-refractivity contribution is 5.90. The maximum Gasteiger partial charge on any atom is 0.323 e. The van der Waals surface area contributed by atoms with Crippen molar-refractivity contribution in [1.82, 2.24) is 9.47 Å². The third kappa shape index (κ3) is 3.96. The lowest BCUT2D eigenvalue weighted by Crippen LogP contribution is -2.38. The number of urea groups is 1. The number of anilines is 1. The van der Waals surface area contributed by atoms with Crippen molar-refractivity contribution >= 4 is 11.7 Å². The van der Waals surface area contributed by atoms with Gasteiger partial charge in [0.2, 0.25) is 0 Å². The van der Waals surface area contributed by atoms with Crippen LogP contribution in [-0.4, -0.2) is 15.5 Å². The molecule has 0 radical (unpaired) electrons. The van der Waals surface area contributed by atoms with Crippen LogP contribution in [0.1, 0.15) is 48.2 Å². The van der Waals surface area contributed by atoms with Crippen molar-refractivity contribution in [3.63, 3.8) is 0 Å². The molecule has 3 aromatic carbocycles. The van der Waals surface area contributed by atoms with Crippen LogP contribution in [0.5, 0.6) is 0 Å². The van der Waals surface area contributed by atoms with Crippen LogP contribution in [0.4, 0.5) is 19.3 Å². The fourth-order valence-corrected chi connectivity index (χ4v) is 4.53. The Kier molecular flexibility index (Phi) is 5.65. The molecule has 1 unspecified atom stereocenters. The number of benzene rings is 3. The highest BCUT2D eigenvalue weighted by Gasteiger charge is 2.33. The number of aromatic nitrogens is 1. The van der Waals surface area contributed by atoms with E-state index in [1.807, 2.05) is 54.7 Å². The zero-order valence-electron chi connectivity index (χ0n) is 19.0. The zero-order valence-corrected chi connectivity index (χ0v) is 19.0. The van der Waals surface area contributed by atoms with Crippen molar-refractivity contribution < 1.29 is 13.6 Å². The third-order valence-corrected chi connectivity index (χ3v) is 6.31. The largest absolute Gasteiger partial charge is 0.323 e. The van der Waals surface area contributed by atoms with Crippen molar-refractivity contribution in [3.8, 4) is 5.69 Å². The second kappa shape index (κ2) is 8.78. The molecule has 1 aromatic heterocycles. The Morgan fingerprint density at radius 2 is 1.74 bits per heavy atom. The molecule has 1 aliphatic heterocycles. The van der Waals surface area contributed by atoms with Gasteiger partial charge in [0.1, 0.15) is 11.6 Å². The number of hydrogen-bond acceptors (Lipinski definition) is 1. The average molecular weight is 458 g/mol. The molecule has 6 heteroatoms. The van der Waals surface area contributed by atoms with Gasteiger partial charge in [0.15, 0.2) is 0 Å². The molecule has 0 fully saturated rings. The van der Waals surface area contributed by atoms with Crippen LogP contribution in [0, 0.1) is 11.6 Å². The topological polar surface area (TPSA) is 37.3 Å². The standard InChI is InChI=1S/C28H25F2N3O/c1-18(2)19-9-11-20(12-10-19)27-26-8-5-15-32(26)25-7-4-3-6-21(25)17-33(27)28(34)31-24-16-22(29)13-14-23(24)30/h3-16,18,27H,17H2,1-2H3,(H,31,34). The molecule has 1 aliphatic rings. The Hall–Kier alpha value is -3.93.